The summed E-state index contributed by atoms with van der Waals surface area (Å²) in [5.41, 5.74) is 1.32. The fraction of sp³-hybridized carbons (Fsp3) is 0.125. The summed E-state index contributed by atoms with van der Waals surface area (Å²) in [5, 5.41) is 10.7. The fourth-order valence-electron chi connectivity index (χ4n) is 0.874. The minimum Gasteiger partial charge on any atom is -0.465 e. The summed E-state index contributed by atoms with van der Waals surface area (Å²) >= 11 is 5.58. The van der Waals surface area contributed by atoms with E-state index < -0.39 is 6.09 Å². The molecule has 0 aliphatic rings. The van der Waals surface area contributed by atoms with Gasteiger partial charge in [-0.1, -0.05) is 18.2 Å². The van der Waals surface area contributed by atoms with Crippen molar-refractivity contribution in [3.8, 4) is 0 Å². The van der Waals surface area contributed by atoms with Crippen molar-refractivity contribution < 1.29 is 14.6 Å². The average molecular weight is 206 g/mol. The highest BCUT2D eigenvalue weighted by atomic mass is 35.5. The van der Waals surface area contributed by atoms with Gasteiger partial charge in [-0.25, -0.2) is 4.79 Å². The van der Waals surface area contributed by atoms with E-state index in [-0.39, 0.29) is 4.70 Å². The third-order valence-corrected chi connectivity index (χ3v) is 1.69. The van der Waals surface area contributed by atoms with Crippen molar-refractivity contribution in [3.63, 3.8) is 0 Å². The molecule has 0 saturated heterocycles. The number of para-hydroxylation sites is 1. The maximum absolute atomic E-state index is 10.3. The molecule has 0 heterocycles. The molecule has 13 heavy (non-hydrogen) atoms. The lowest BCUT2D eigenvalue weighted by atomic mass is 10.2. The molecule has 0 bridgehead atoms. The number of rotatable bonds is 2. The lowest BCUT2D eigenvalue weighted by molar-refractivity contribution is 0.209. The van der Waals surface area contributed by atoms with Crippen molar-refractivity contribution in [2.45, 2.75) is 5.88 Å². The van der Waals surface area contributed by atoms with Gasteiger partial charge in [0.25, 0.3) is 0 Å². The van der Waals surface area contributed by atoms with E-state index in [0.29, 0.717) is 11.6 Å². The van der Waals surface area contributed by atoms with Crippen LogP contribution < -0.4 is 5.32 Å². The highest BCUT2D eigenvalue weighted by Crippen LogP contribution is 2.16. The second kappa shape index (κ2) is 5.37. The Labute approximate surface area is 79.7 Å². The molecule has 0 saturated carbocycles. The quantitative estimate of drug-likeness (QED) is 0.730. The first-order valence-corrected chi connectivity index (χ1v) is 3.91. The predicted molar refractivity (Wildman–Crippen MR) is 50.1 cm³/mol. The molecule has 0 aromatic heterocycles. The molecule has 0 atom stereocenters. The smallest absolute Gasteiger partial charge is 0.409 e. The van der Waals surface area contributed by atoms with Crippen LogP contribution >= 0.6 is 11.6 Å². The molecule has 1 aromatic rings. The van der Waals surface area contributed by atoms with E-state index in [2.05, 4.69) is 5.32 Å². The zero-order valence-electron chi connectivity index (χ0n) is 6.66. The summed E-state index contributed by atoms with van der Waals surface area (Å²) in [7, 11) is 0. The van der Waals surface area contributed by atoms with Gasteiger partial charge < -0.3 is 5.11 Å². The van der Waals surface area contributed by atoms with E-state index >= 15 is 0 Å². The zero-order chi connectivity index (χ0) is 8.97. The average Bonchev–Trinajstić information content (AvgIpc) is 2.04. The second-order valence-corrected chi connectivity index (χ2v) is 2.49. The van der Waals surface area contributed by atoms with E-state index in [4.69, 9.17) is 16.7 Å². The highest BCUT2D eigenvalue weighted by Gasteiger charge is 2.01. The Kier molecular flexibility index (Phi) is 4.84. The predicted octanol–water partition coefficient (Wildman–Crippen LogP) is 2.67. The number of hydrogen-bond donors (Lipinski definition) is 2. The van der Waals surface area contributed by atoms with Crippen LogP contribution in [0, 0.1) is 0 Å². The van der Waals surface area contributed by atoms with Crippen molar-refractivity contribution in [1.82, 2.24) is 0 Å². The van der Waals surface area contributed by atoms with Gasteiger partial charge in [0.15, 0.2) is 0 Å². The SMILES string of the molecule is F.O=C(O)Nc1ccccc1CCl. The Morgan fingerprint density at radius 3 is 2.62 bits per heavy atom. The van der Waals surface area contributed by atoms with Crippen LogP contribution in [0.5, 0.6) is 0 Å². The molecule has 2 N–H and O–H groups in total. The summed E-state index contributed by atoms with van der Waals surface area (Å²) < 4.78 is 0. The molecule has 5 heteroatoms. The second-order valence-electron chi connectivity index (χ2n) is 2.22. The Bertz CT molecular complexity index is 293. The summed E-state index contributed by atoms with van der Waals surface area (Å²) in [6.07, 6.45) is -1.08. The maximum atomic E-state index is 10.3. The molecular weight excluding hydrogens is 197 g/mol. The van der Waals surface area contributed by atoms with Gasteiger partial charge in [0.05, 0.1) is 0 Å². The summed E-state index contributed by atoms with van der Waals surface area (Å²) in [5.74, 6) is 0.302. The normalized spacial score (nSPS) is 8.69. The molecule has 1 aromatic carbocycles. The molecule has 0 fully saturated rings. The van der Waals surface area contributed by atoms with Crippen LogP contribution in [-0.4, -0.2) is 11.2 Å². The first kappa shape index (κ1) is 11.7. The lowest BCUT2D eigenvalue weighted by Crippen LogP contribution is -2.08. The minimum absolute atomic E-state index is 0. The number of nitrogens with one attached hydrogen (secondary N) is 1. The van der Waals surface area contributed by atoms with Crippen LogP contribution in [-0.2, 0) is 5.88 Å². The summed E-state index contributed by atoms with van der Waals surface area (Å²) in [4.78, 5) is 10.3. The zero-order valence-corrected chi connectivity index (χ0v) is 7.41. The number of carboxylic acid groups (broad SMARTS) is 1. The topological polar surface area (TPSA) is 49.3 Å². The van der Waals surface area contributed by atoms with E-state index in [1.807, 2.05) is 6.07 Å². The maximum Gasteiger partial charge on any atom is 0.409 e. The van der Waals surface area contributed by atoms with Crippen molar-refractivity contribution in [2.75, 3.05) is 5.32 Å². The number of hydrogen-bond acceptors (Lipinski definition) is 1. The molecule has 0 aliphatic carbocycles. The van der Waals surface area contributed by atoms with E-state index in [9.17, 15) is 4.79 Å². The van der Waals surface area contributed by atoms with Crippen LogP contribution in [0.25, 0.3) is 0 Å². The number of carbonyl (C=O) groups is 1. The van der Waals surface area contributed by atoms with Crippen molar-refractivity contribution in [2.24, 2.45) is 0 Å². The van der Waals surface area contributed by atoms with Gasteiger partial charge in [-0.15, -0.1) is 11.6 Å². The summed E-state index contributed by atoms with van der Waals surface area (Å²) in [6, 6.07) is 7.01. The van der Waals surface area contributed by atoms with Crippen LogP contribution in [0.2, 0.25) is 0 Å². The standard InChI is InChI=1S/C8H8ClNO2.FH/c9-5-6-3-1-2-4-7(6)10-8(11)12;/h1-4,10H,5H2,(H,11,12);1H. The Balaban J connectivity index is 0.00000144. The van der Waals surface area contributed by atoms with Gasteiger partial charge in [-0.2, -0.15) is 0 Å². The first-order valence-electron chi connectivity index (χ1n) is 3.38. The fourth-order valence-corrected chi connectivity index (χ4v) is 1.11. The van der Waals surface area contributed by atoms with Crippen molar-refractivity contribution in [1.29, 1.82) is 0 Å². The molecular formula is C8H9ClFNO2. The van der Waals surface area contributed by atoms with Gasteiger partial charge in [0.1, 0.15) is 0 Å². The van der Waals surface area contributed by atoms with Gasteiger partial charge in [-0.05, 0) is 11.6 Å². The van der Waals surface area contributed by atoms with Gasteiger partial charge >= 0.3 is 6.09 Å². The third kappa shape index (κ3) is 3.29. The molecule has 1 amide bonds. The first-order chi connectivity index (χ1) is 5.74. The Morgan fingerprint density at radius 1 is 1.46 bits per heavy atom. The van der Waals surface area contributed by atoms with Crippen LogP contribution in [0.1, 0.15) is 5.56 Å². The molecule has 0 aliphatic heterocycles. The monoisotopic (exact) mass is 205 g/mol. The summed E-state index contributed by atoms with van der Waals surface area (Å²) in [6.45, 7) is 0. The van der Waals surface area contributed by atoms with Crippen LogP contribution in [0.4, 0.5) is 15.2 Å². The number of benzene rings is 1. The number of alkyl halides is 1. The van der Waals surface area contributed by atoms with E-state index in [1.165, 1.54) is 0 Å². The largest absolute Gasteiger partial charge is 0.465 e. The van der Waals surface area contributed by atoms with E-state index in [1.54, 1.807) is 18.2 Å². The molecule has 0 radical (unpaired) electrons. The third-order valence-electron chi connectivity index (χ3n) is 1.40. The molecule has 0 spiro atoms. The van der Waals surface area contributed by atoms with Gasteiger partial charge in [0.2, 0.25) is 0 Å². The van der Waals surface area contributed by atoms with Crippen LogP contribution in [0.15, 0.2) is 24.3 Å². The number of halogens is 2. The number of amides is 1. The lowest BCUT2D eigenvalue weighted by Gasteiger charge is -2.04. The van der Waals surface area contributed by atoms with Gasteiger partial charge in [0, 0.05) is 11.6 Å². The number of anilines is 1. The molecule has 0 unspecified atom stereocenters. The van der Waals surface area contributed by atoms with E-state index in [0.717, 1.165) is 5.56 Å². The molecule has 72 valence electrons. The Morgan fingerprint density at radius 2 is 2.08 bits per heavy atom. The Hall–Kier alpha value is -1.29. The highest BCUT2D eigenvalue weighted by molar-refractivity contribution is 6.17. The van der Waals surface area contributed by atoms with Crippen molar-refractivity contribution in [3.05, 3.63) is 29.8 Å². The molecule has 3 nitrogen and oxygen atoms in total. The van der Waals surface area contributed by atoms with Crippen molar-refractivity contribution >= 4 is 23.4 Å². The van der Waals surface area contributed by atoms with Gasteiger partial charge in [-0.3, -0.25) is 10.0 Å². The minimum atomic E-state index is -1.08. The molecule has 1 rings (SSSR count). The van der Waals surface area contributed by atoms with Crippen LogP contribution in [0.3, 0.4) is 0 Å².